The van der Waals surface area contributed by atoms with Crippen molar-refractivity contribution in [2.75, 3.05) is 20.1 Å². The highest BCUT2D eigenvalue weighted by molar-refractivity contribution is 5.77. The van der Waals surface area contributed by atoms with Gasteiger partial charge in [0.25, 0.3) is 0 Å². The van der Waals surface area contributed by atoms with E-state index in [1.165, 1.54) is 17.0 Å². The number of hydrogen-bond donors (Lipinski definition) is 1. The van der Waals surface area contributed by atoms with Crippen molar-refractivity contribution in [2.45, 2.75) is 26.1 Å². The topological polar surface area (TPSA) is 32.3 Å². The third-order valence-electron chi connectivity index (χ3n) is 2.83. The van der Waals surface area contributed by atoms with Gasteiger partial charge in [-0.15, -0.1) is 0 Å². The molecule has 0 unspecified atom stereocenters. The van der Waals surface area contributed by atoms with Gasteiger partial charge in [0.05, 0.1) is 12.1 Å². The molecular formula is C14H19F3N2O. The van der Waals surface area contributed by atoms with Crippen LogP contribution in [0.25, 0.3) is 0 Å². The second kappa shape index (κ2) is 7.28. The van der Waals surface area contributed by atoms with Gasteiger partial charge in [0, 0.05) is 13.6 Å². The Kier molecular flexibility index (Phi) is 6.01. The molecule has 1 aromatic carbocycles. The molecular weight excluding hydrogens is 269 g/mol. The highest BCUT2D eigenvalue weighted by Gasteiger charge is 2.29. The molecule has 0 saturated carbocycles. The predicted molar refractivity (Wildman–Crippen MR) is 71.1 cm³/mol. The summed E-state index contributed by atoms with van der Waals surface area (Å²) in [6.45, 7) is 3.30. The summed E-state index contributed by atoms with van der Waals surface area (Å²) in [6.07, 6.45) is -3.39. The van der Waals surface area contributed by atoms with Crippen LogP contribution in [0.2, 0.25) is 0 Å². The summed E-state index contributed by atoms with van der Waals surface area (Å²) in [5.74, 6) is -0.0849. The molecule has 1 rings (SSSR count). The van der Waals surface area contributed by atoms with E-state index in [2.05, 4.69) is 5.32 Å². The lowest BCUT2D eigenvalue weighted by molar-refractivity contribution is -0.137. The normalized spacial score (nSPS) is 11.4. The number of likely N-dealkylation sites (N-methyl/N-ethyl adjacent to an activating group) is 1. The molecule has 0 aromatic heterocycles. The van der Waals surface area contributed by atoms with E-state index in [-0.39, 0.29) is 12.5 Å². The SMILES string of the molecule is CCCNCC(=O)N(C)Cc1ccc(C(F)(F)F)cc1. The van der Waals surface area contributed by atoms with Crippen LogP contribution in [0.3, 0.4) is 0 Å². The van der Waals surface area contributed by atoms with Gasteiger partial charge in [-0.1, -0.05) is 19.1 Å². The van der Waals surface area contributed by atoms with Crippen LogP contribution in [0.1, 0.15) is 24.5 Å². The molecule has 1 amide bonds. The van der Waals surface area contributed by atoms with Crippen molar-refractivity contribution in [3.63, 3.8) is 0 Å². The summed E-state index contributed by atoms with van der Waals surface area (Å²) >= 11 is 0. The maximum atomic E-state index is 12.4. The lowest BCUT2D eigenvalue weighted by atomic mass is 10.1. The molecule has 1 N–H and O–H groups in total. The number of hydrogen-bond acceptors (Lipinski definition) is 2. The van der Waals surface area contributed by atoms with Crippen molar-refractivity contribution in [2.24, 2.45) is 0 Å². The fraction of sp³-hybridized carbons (Fsp3) is 0.500. The first kappa shape index (κ1) is 16.5. The zero-order valence-corrected chi connectivity index (χ0v) is 11.6. The largest absolute Gasteiger partial charge is 0.416 e. The summed E-state index contributed by atoms with van der Waals surface area (Å²) in [6, 6.07) is 4.85. The van der Waals surface area contributed by atoms with Gasteiger partial charge in [-0.2, -0.15) is 13.2 Å². The zero-order valence-electron chi connectivity index (χ0n) is 11.6. The Hall–Kier alpha value is -1.56. The molecule has 0 atom stereocenters. The van der Waals surface area contributed by atoms with Crippen LogP contribution >= 0.6 is 0 Å². The Bertz CT molecular complexity index is 429. The molecule has 0 radical (unpaired) electrons. The van der Waals surface area contributed by atoms with Crippen molar-refractivity contribution in [1.82, 2.24) is 10.2 Å². The standard InChI is InChI=1S/C14H19F3N2O/c1-3-8-18-9-13(20)19(2)10-11-4-6-12(7-5-11)14(15,16)17/h4-7,18H,3,8-10H2,1-2H3. The number of amides is 1. The highest BCUT2D eigenvalue weighted by atomic mass is 19.4. The monoisotopic (exact) mass is 288 g/mol. The Morgan fingerprint density at radius 2 is 1.85 bits per heavy atom. The van der Waals surface area contributed by atoms with E-state index in [9.17, 15) is 18.0 Å². The highest BCUT2D eigenvalue weighted by Crippen LogP contribution is 2.29. The van der Waals surface area contributed by atoms with E-state index in [1.807, 2.05) is 6.92 Å². The number of benzene rings is 1. The van der Waals surface area contributed by atoms with E-state index in [0.717, 1.165) is 25.1 Å². The molecule has 0 heterocycles. The third kappa shape index (κ3) is 5.21. The summed E-state index contributed by atoms with van der Waals surface area (Å²) in [7, 11) is 1.63. The number of halogens is 3. The molecule has 0 aliphatic rings. The van der Waals surface area contributed by atoms with E-state index >= 15 is 0 Å². The minimum absolute atomic E-state index is 0.0849. The molecule has 0 bridgehead atoms. The first-order valence-corrected chi connectivity index (χ1v) is 6.45. The second-order valence-corrected chi connectivity index (χ2v) is 4.62. The van der Waals surface area contributed by atoms with Crippen molar-refractivity contribution in [3.05, 3.63) is 35.4 Å². The molecule has 1 aromatic rings. The van der Waals surface area contributed by atoms with Crippen LogP contribution in [0.15, 0.2) is 24.3 Å². The molecule has 0 fully saturated rings. The molecule has 112 valence electrons. The minimum Gasteiger partial charge on any atom is -0.340 e. The summed E-state index contributed by atoms with van der Waals surface area (Å²) in [5.41, 5.74) is -0.0100. The molecule has 20 heavy (non-hydrogen) atoms. The predicted octanol–water partition coefficient (Wildman–Crippen LogP) is 2.66. The van der Waals surface area contributed by atoms with Gasteiger partial charge >= 0.3 is 6.18 Å². The van der Waals surface area contributed by atoms with Crippen LogP contribution in [0.5, 0.6) is 0 Å². The molecule has 6 heteroatoms. The number of rotatable bonds is 6. The fourth-order valence-electron chi connectivity index (χ4n) is 1.67. The van der Waals surface area contributed by atoms with Crippen LogP contribution in [0.4, 0.5) is 13.2 Å². The van der Waals surface area contributed by atoms with Crippen molar-refractivity contribution < 1.29 is 18.0 Å². The van der Waals surface area contributed by atoms with Gasteiger partial charge in [0.2, 0.25) is 5.91 Å². The molecule has 0 aliphatic heterocycles. The first-order chi connectivity index (χ1) is 9.34. The number of nitrogens with zero attached hydrogens (tertiary/aromatic N) is 1. The Morgan fingerprint density at radius 1 is 1.25 bits per heavy atom. The van der Waals surface area contributed by atoms with Crippen LogP contribution in [0, 0.1) is 0 Å². The van der Waals surface area contributed by atoms with Gasteiger partial charge in [-0.3, -0.25) is 4.79 Å². The first-order valence-electron chi connectivity index (χ1n) is 6.45. The van der Waals surface area contributed by atoms with Gasteiger partial charge in [0.1, 0.15) is 0 Å². The summed E-state index contributed by atoms with van der Waals surface area (Å²) in [5, 5.41) is 2.99. The van der Waals surface area contributed by atoms with Gasteiger partial charge in [-0.25, -0.2) is 0 Å². The van der Waals surface area contributed by atoms with E-state index < -0.39 is 11.7 Å². The second-order valence-electron chi connectivity index (χ2n) is 4.62. The van der Waals surface area contributed by atoms with Crippen molar-refractivity contribution in [1.29, 1.82) is 0 Å². The quantitative estimate of drug-likeness (QED) is 0.816. The van der Waals surface area contributed by atoms with Crippen LogP contribution < -0.4 is 5.32 Å². The summed E-state index contributed by atoms with van der Waals surface area (Å²) < 4.78 is 37.2. The van der Waals surface area contributed by atoms with Crippen molar-refractivity contribution in [3.8, 4) is 0 Å². The van der Waals surface area contributed by atoms with Gasteiger partial charge in [0.15, 0.2) is 0 Å². The number of alkyl halides is 3. The van der Waals surface area contributed by atoms with E-state index in [0.29, 0.717) is 12.1 Å². The lowest BCUT2D eigenvalue weighted by Crippen LogP contribution is -2.35. The molecule has 0 spiro atoms. The average molecular weight is 288 g/mol. The molecule has 3 nitrogen and oxygen atoms in total. The zero-order chi connectivity index (χ0) is 15.2. The van der Waals surface area contributed by atoms with Crippen molar-refractivity contribution >= 4 is 5.91 Å². The fourth-order valence-corrected chi connectivity index (χ4v) is 1.67. The maximum Gasteiger partial charge on any atom is 0.416 e. The minimum atomic E-state index is -4.33. The van der Waals surface area contributed by atoms with E-state index in [1.54, 1.807) is 7.05 Å². The average Bonchev–Trinajstić information content (AvgIpc) is 2.38. The number of carbonyl (C=O) groups excluding carboxylic acids is 1. The van der Waals surface area contributed by atoms with Crippen LogP contribution in [-0.2, 0) is 17.5 Å². The lowest BCUT2D eigenvalue weighted by Gasteiger charge is -2.18. The Labute approximate surface area is 116 Å². The molecule has 0 aliphatic carbocycles. The number of nitrogens with one attached hydrogen (secondary N) is 1. The maximum absolute atomic E-state index is 12.4. The molecule has 0 saturated heterocycles. The summed E-state index contributed by atoms with van der Waals surface area (Å²) in [4.78, 5) is 13.2. The van der Waals surface area contributed by atoms with Gasteiger partial charge in [-0.05, 0) is 30.7 Å². The Balaban J connectivity index is 2.53. The number of carbonyl (C=O) groups is 1. The third-order valence-corrected chi connectivity index (χ3v) is 2.83. The van der Waals surface area contributed by atoms with Crippen LogP contribution in [-0.4, -0.2) is 30.9 Å². The smallest absolute Gasteiger partial charge is 0.340 e. The Morgan fingerprint density at radius 3 is 2.35 bits per heavy atom. The van der Waals surface area contributed by atoms with Gasteiger partial charge < -0.3 is 10.2 Å². The van der Waals surface area contributed by atoms with E-state index in [4.69, 9.17) is 0 Å².